The van der Waals surface area contributed by atoms with E-state index in [0.717, 1.165) is 51.4 Å². The summed E-state index contributed by atoms with van der Waals surface area (Å²) in [6.07, 6.45) is 8.36. The molecule has 5 heteroatoms. The lowest BCUT2D eigenvalue weighted by Crippen LogP contribution is -2.65. The number of aliphatic carboxylic acids is 1. The third kappa shape index (κ3) is 5.17. The Morgan fingerprint density at radius 1 is 0.833 bits per heavy atom. The molecule has 1 fully saturated rings. The Labute approximate surface area is 147 Å². The van der Waals surface area contributed by atoms with Crippen molar-refractivity contribution in [2.75, 3.05) is 19.8 Å². The maximum Gasteiger partial charge on any atom is 0.341 e. The van der Waals surface area contributed by atoms with Crippen LogP contribution in [0.25, 0.3) is 0 Å². The fourth-order valence-corrected chi connectivity index (χ4v) is 3.21. The summed E-state index contributed by atoms with van der Waals surface area (Å²) in [7, 11) is 0. The second kappa shape index (κ2) is 11.1. The highest BCUT2D eigenvalue weighted by Crippen LogP contribution is 2.44. The first-order valence-corrected chi connectivity index (χ1v) is 9.73. The summed E-state index contributed by atoms with van der Waals surface area (Å²) in [4.78, 5) is 12.3. The number of rotatable bonds is 13. The minimum Gasteiger partial charge on any atom is -0.479 e. The van der Waals surface area contributed by atoms with Gasteiger partial charge >= 0.3 is 5.97 Å². The summed E-state index contributed by atoms with van der Waals surface area (Å²) in [5, 5.41) is 10.1. The van der Waals surface area contributed by atoms with E-state index in [1.54, 1.807) is 0 Å². The molecule has 1 aliphatic rings. The van der Waals surface area contributed by atoms with Crippen molar-refractivity contribution in [2.45, 2.75) is 96.4 Å². The molecule has 1 N–H and O–H groups in total. The maximum absolute atomic E-state index is 12.3. The van der Waals surface area contributed by atoms with Crippen LogP contribution >= 0.6 is 0 Å². The van der Waals surface area contributed by atoms with Crippen LogP contribution in [0.1, 0.15) is 85.0 Å². The van der Waals surface area contributed by atoms with Gasteiger partial charge in [-0.3, -0.25) is 0 Å². The maximum atomic E-state index is 12.3. The van der Waals surface area contributed by atoms with Crippen molar-refractivity contribution < 1.29 is 24.1 Å². The molecule has 1 saturated carbocycles. The molecule has 0 spiro atoms. The molecule has 0 aliphatic heterocycles. The zero-order valence-corrected chi connectivity index (χ0v) is 15.8. The van der Waals surface area contributed by atoms with Gasteiger partial charge in [-0.2, -0.15) is 0 Å². The summed E-state index contributed by atoms with van der Waals surface area (Å²) < 4.78 is 18.3. The standard InChI is InChI=1S/C19H36O5/c1-4-7-14-22-18(17(20)21)12-10-11-13-19(18,23-15-8-5-2)24-16-9-6-3/h4-16H2,1-3H3,(H,20,21). The lowest BCUT2D eigenvalue weighted by atomic mass is 9.78. The van der Waals surface area contributed by atoms with Gasteiger partial charge < -0.3 is 19.3 Å². The molecule has 0 aromatic heterocycles. The second-order valence-corrected chi connectivity index (χ2v) is 6.70. The third-order valence-electron chi connectivity index (χ3n) is 4.76. The lowest BCUT2D eigenvalue weighted by molar-refractivity contribution is -0.339. The van der Waals surface area contributed by atoms with E-state index in [1.165, 1.54) is 0 Å². The largest absolute Gasteiger partial charge is 0.479 e. The molecule has 142 valence electrons. The van der Waals surface area contributed by atoms with Gasteiger partial charge in [-0.05, 0) is 38.5 Å². The fraction of sp³-hybridized carbons (Fsp3) is 0.947. The molecule has 0 bridgehead atoms. The van der Waals surface area contributed by atoms with E-state index in [9.17, 15) is 9.90 Å². The number of hydrogen-bond acceptors (Lipinski definition) is 4. The van der Waals surface area contributed by atoms with E-state index in [-0.39, 0.29) is 0 Å². The van der Waals surface area contributed by atoms with Crippen LogP contribution < -0.4 is 0 Å². The Hall–Kier alpha value is -0.650. The number of carbonyl (C=O) groups is 1. The predicted octanol–water partition coefficient (Wildman–Crippen LogP) is 4.53. The van der Waals surface area contributed by atoms with Crippen LogP contribution in [0.3, 0.4) is 0 Å². The third-order valence-corrected chi connectivity index (χ3v) is 4.76. The van der Waals surface area contributed by atoms with Crippen molar-refractivity contribution in [3.05, 3.63) is 0 Å². The van der Waals surface area contributed by atoms with Crippen LogP contribution in [0.5, 0.6) is 0 Å². The van der Waals surface area contributed by atoms with Gasteiger partial charge in [0.05, 0.1) is 13.2 Å². The highest BCUT2D eigenvalue weighted by Gasteiger charge is 2.61. The summed E-state index contributed by atoms with van der Waals surface area (Å²) in [6, 6.07) is 0. The van der Waals surface area contributed by atoms with E-state index >= 15 is 0 Å². The molecule has 0 radical (unpaired) electrons. The number of carboxylic acid groups (broad SMARTS) is 1. The van der Waals surface area contributed by atoms with E-state index in [0.29, 0.717) is 32.7 Å². The summed E-state index contributed by atoms with van der Waals surface area (Å²) in [5.74, 6) is -2.11. The topological polar surface area (TPSA) is 65.0 Å². The summed E-state index contributed by atoms with van der Waals surface area (Å²) >= 11 is 0. The van der Waals surface area contributed by atoms with Crippen LogP contribution in [-0.2, 0) is 19.0 Å². The first-order valence-electron chi connectivity index (χ1n) is 9.73. The minimum absolute atomic E-state index is 0.429. The molecular weight excluding hydrogens is 308 g/mol. The molecule has 0 amide bonds. The van der Waals surface area contributed by atoms with Crippen molar-refractivity contribution >= 4 is 5.97 Å². The van der Waals surface area contributed by atoms with Crippen molar-refractivity contribution in [2.24, 2.45) is 0 Å². The molecule has 1 rings (SSSR count). The van der Waals surface area contributed by atoms with Crippen molar-refractivity contribution in [3.63, 3.8) is 0 Å². The first kappa shape index (κ1) is 21.4. The minimum atomic E-state index is -1.39. The zero-order valence-electron chi connectivity index (χ0n) is 15.8. The van der Waals surface area contributed by atoms with Gasteiger partial charge in [0.1, 0.15) is 0 Å². The predicted molar refractivity (Wildman–Crippen MR) is 94.1 cm³/mol. The number of carboxylic acids is 1. The van der Waals surface area contributed by atoms with Crippen LogP contribution in [0.2, 0.25) is 0 Å². The Bertz CT molecular complexity index is 348. The number of ether oxygens (including phenoxy) is 3. The fourth-order valence-electron chi connectivity index (χ4n) is 3.21. The van der Waals surface area contributed by atoms with Gasteiger partial charge in [-0.1, -0.05) is 40.0 Å². The van der Waals surface area contributed by atoms with Crippen LogP contribution in [-0.4, -0.2) is 42.3 Å². The number of unbranched alkanes of at least 4 members (excludes halogenated alkanes) is 3. The van der Waals surface area contributed by atoms with Crippen LogP contribution in [0.4, 0.5) is 0 Å². The van der Waals surface area contributed by atoms with Crippen molar-refractivity contribution in [1.29, 1.82) is 0 Å². The highest BCUT2D eigenvalue weighted by molar-refractivity contribution is 5.79. The van der Waals surface area contributed by atoms with E-state index < -0.39 is 17.4 Å². The van der Waals surface area contributed by atoms with Crippen molar-refractivity contribution in [1.82, 2.24) is 0 Å². The molecule has 0 aromatic rings. The molecule has 0 heterocycles. The summed E-state index contributed by atoms with van der Waals surface area (Å²) in [5.41, 5.74) is -1.39. The van der Waals surface area contributed by atoms with Gasteiger partial charge in [0.15, 0.2) is 0 Å². The molecule has 1 unspecified atom stereocenters. The Balaban J connectivity index is 3.04. The van der Waals surface area contributed by atoms with E-state index in [1.807, 2.05) is 0 Å². The Morgan fingerprint density at radius 3 is 1.75 bits per heavy atom. The monoisotopic (exact) mass is 344 g/mol. The molecular formula is C19H36O5. The van der Waals surface area contributed by atoms with Gasteiger partial charge in [0, 0.05) is 13.0 Å². The van der Waals surface area contributed by atoms with Gasteiger partial charge in [-0.25, -0.2) is 4.79 Å². The average Bonchev–Trinajstić information content (AvgIpc) is 2.57. The van der Waals surface area contributed by atoms with Crippen LogP contribution in [0.15, 0.2) is 0 Å². The van der Waals surface area contributed by atoms with Gasteiger partial charge in [-0.15, -0.1) is 0 Å². The van der Waals surface area contributed by atoms with Crippen LogP contribution in [0, 0.1) is 0 Å². The van der Waals surface area contributed by atoms with Gasteiger partial charge in [0.25, 0.3) is 0 Å². The highest BCUT2D eigenvalue weighted by atomic mass is 16.7. The molecule has 0 aromatic carbocycles. The Kier molecular flexibility index (Phi) is 9.86. The van der Waals surface area contributed by atoms with Crippen molar-refractivity contribution in [3.8, 4) is 0 Å². The Morgan fingerprint density at radius 2 is 1.29 bits per heavy atom. The average molecular weight is 344 g/mol. The molecule has 1 atom stereocenters. The second-order valence-electron chi connectivity index (χ2n) is 6.70. The van der Waals surface area contributed by atoms with E-state index in [2.05, 4.69) is 20.8 Å². The lowest BCUT2D eigenvalue weighted by Gasteiger charge is -2.49. The van der Waals surface area contributed by atoms with Gasteiger partial charge in [0.2, 0.25) is 11.4 Å². The number of hydrogen-bond donors (Lipinski definition) is 1. The molecule has 0 saturated heterocycles. The zero-order chi connectivity index (χ0) is 17.9. The van der Waals surface area contributed by atoms with E-state index in [4.69, 9.17) is 14.2 Å². The molecule has 24 heavy (non-hydrogen) atoms. The smallest absolute Gasteiger partial charge is 0.341 e. The molecule has 5 nitrogen and oxygen atoms in total. The SMILES string of the molecule is CCCCOC1(OCCCC)CCCCC1(OCCCC)C(=O)O. The normalized spacial score (nSPS) is 23.3. The quantitative estimate of drug-likeness (QED) is 0.393. The molecule has 1 aliphatic carbocycles. The first-order chi connectivity index (χ1) is 11.6. The summed E-state index contributed by atoms with van der Waals surface area (Å²) in [6.45, 7) is 7.71.